The Kier molecular flexibility index (Phi) is 4.23. The van der Waals surface area contributed by atoms with E-state index in [-0.39, 0.29) is 12.0 Å². The van der Waals surface area contributed by atoms with Crippen molar-refractivity contribution in [2.24, 2.45) is 5.41 Å². The van der Waals surface area contributed by atoms with Crippen molar-refractivity contribution in [3.05, 3.63) is 0 Å². The molecule has 2 fully saturated rings. The summed E-state index contributed by atoms with van der Waals surface area (Å²) >= 11 is 0. The fourth-order valence-corrected chi connectivity index (χ4v) is 3.15. The number of nitrogens with zero attached hydrogens (tertiary/aromatic N) is 2. The van der Waals surface area contributed by atoms with Crippen molar-refractivity contribution < 1.29 is 9.53 Å². The first kappa shape index (κ1) is 13.4. The van der Waals surface area contributed by atoms with Crippen molar-refractivity contribution in [3.63, 3.8) is 0 Å². The molecular formula is C14H22N2O2. The van der Waals surface area contributed by atoms with Crippen molar-refractivity contribution >= 4 is 5.91 Å². The summed E-state index contributed by atoms with van der Waals surface area (Å²) in [7, 11) is 0. The number of piperidine rings is 1. The van der Waals surface area contributed by atoms with Gasteiger partial charge in [0.1, 0.15) is 5.41 Å². The van der Waals surface area contributed by atoms with E-state index in [2.05, 4.69) is 6.07 Å². The highest BCUT2D eigenvalue weighted by Gasteiger charge is 2.44. The second-order valence-electron chi connectivity index (χ2n) is 5.37. The SMILES string of the molecule is CCOC1CCCN(C(=O)C2(C#N)CCCC2)C1. The molecule has 0 N–H and O–H groups in total. The van der Waals surface area contributed by atoms with Gasteiger partial charge in [0.05, 0.1) is 12.2 Å². The summed E-state index contributed by atoms with van der Waals surface area (Å²) in [5.41, 5.74) is -0.728. The minimum absolute atomic E-state index is 0.0481. The molecule has 4 nitrogen and oxygen atoms in total. The van der Waals surface area contributed by atoms with Crippen LogP contribution >= 0.6 is 0 Å². The van der Waals surface area contributed by atoms with Gasteiger partial charge in [-0.2, -0.15) is 5.26 Å². The fourth-order valence-electron chi connectivity index (χ4n) is 3.15. The van der Waals surface area contributed by atoms with Gasteiger partial charge in [0.25, 0.3) is 0 Å². The molecule has 1 heterocycles. The Labute approximate surface area is 109 Å². The maximum absolute atomic E-state index is 12.6. The summed E-state index contributed by atoms with van der Waals surface area (Å²) in [4.78, 5) is 14.4. The van der Waals surface area contributed by atoms with E-state index in [1.165, 1.54) is 0 Å². The first-order valence-corrected chi connectivity index (χ1v) is 7.04. The van der Waals surface area contributed by atoms with Crippen molar-refractivity contribution in [1.82, 2.24) is 4.90 Å². The minimum Gasteiger partial charge on any atom is -0.377 e. The zero-order chi connectivity index (χ0) is 13.0. The highest BCUT2D eigenvalue weighted by atomic mass is 16.5. The smallest absolute Gasteiger partial charge is 0.243 e. The topological polar surface area (TPSA) is 53.3 Å². The van der Waals surface area contributed by atoms with E-state index < -0.39 is 5.41 Å². The Balaban J connectivity index is 2.02. The van der Waals surface area contributed by atoms with E-state index in [9.17, 15) is 10.1 Å². The third-order valence-electron chi connectivity index (χ3n) is 4.15. The molecule has 1 saturated heterocycles. The summed E-state index contributed by atoms with van der Waals surface area (Å²) < 4.78 is 5.62. The van der Waals surface area contributed by atoms with Crippen LogP contribution in [0.25, 0.3) is 0 Å². The average molecular weight is 250 g/mol. The monoisotopic (exact) mass is 250 g/mol. The number of amides is 1. The lowest BCUT2D eigenvalue weighted by molar-refractivity contribution is -0.142. The lowest BCUT2D eigenvalue weighted by Crippen LogP contribution is -2.48. The molecule has 1 aliphatic carbocycles. The predicted molar refractivity (Wildman–Crippen MR) is 67.7 cm³/mol. The standard InChI is InChI=1S/C14H22N2O2/c1-2-18-12-6-5-9-16(10-12)13(17)14(11-15)7-3-4-8-14/h12H,2-10H2,1H3. The maximum Gasteiger partial charge on any atom is 0.243 e. The van der Waals surface area contributed by atoms with Gasteiger partial charge in [-0.15, -0.1) is 0 Å². The average Bonchev–Trinajstić information content (AvgIpc) is 2.88. The van der Waals surface area contributed by atoms with E-state index in [0.29, 0.717) is 13.2 Å². The van der Waals surface area contributed by atoms with Crippen LogP contribution in [0.4, 0.5) is 0 Å². The maximum atomic E-state index is 12.6. The molecule has 0 aromatic heterocycles. The number of nitriles is 1. The van der Waals surface area contributed by atoms with Crippen molar-refractivity contribution in [2.45, 2.75) is 51.6 Å². The van der Waals surface area contributed by atoms with E-state index in [0.717, 1.165) is 45.1 Å². The number of rotatable bonds is 3. The number of likely N-dealkylation sites (tertiary alicyclic amines) is 1. The summed E-state index contributed by atoms with van der Waals surface area (Å²) in [6.45, 7) is 4.12. The van der Waals surface area contributed by atoms with Gasteiger partial charge >= 0.3 is 0 Å². The molecule has 0 bridgehead atoms. The normalized spacial score (nSPS) is 26.9. The zero-order valence-corrected chi connectivity index (χ0v) is 11.2. The van der Waals surface area contributed by atoms with Crippen LogP contribution in [0.15, 0.2) is 0 Å². The predicted octanol–water partition coefficient (Wildman–Crippen LogP) is 2.10. The second-order valence-corrected chi connectivity index (χ2v) is 5.37. The Bertz CT molecular complexity index is 340. The van der Waals surface area contributed by atoms with Gasteiger partial charge in [0.2, 0.25) is 5.91 Å². The van der Waals surface area contributed by atoms with Gasteiger partial charge in [-0.3, -0.25) is 4.79 Å². The highest BCUT2D eigenvalue weighted by molar-refractivity contribution is 5.86. The number of hydrogen-bond donors (Lipinski definition) is 0. The Morgan fingerprint density at radius 3 is 2.78 bits per heavy atom. The van der Waals surface area contributed by atoms with Crippen molar-refractivity contribution in [2.75, 3.05) is 19.7 Å². The number of ether oxygens (including phenoxy) is 1. The molecule has 2 rings (SSSR count). The van der Waals surface area contributed by atoms with Crippen molar-refractivity contribution in [3.8, 4) is 6.07 Å². The molecule has 1 saturated carbocycles. The molecule has 1 amide bonds. The lowest BCUT2D eigenvalue weighted by atomic mass is 9.85. The third kappa shape index (κ3) is 2.51. The molecule has 1 unspecified atom stereocenters. The molecule has 0 spiro atoms. The Hall–Kier alpha value is -1.08. The van der Waals surface area contributed by atoms with E-state index >= 15 is 0 Å². The molecule has 4 heteroatoms. The molecule has 100 valence electrons. The Morgan fingerprint density at radius 2 is 2.17 bits per heavy atom. The summed E-state index contributed by atoms with van der Waals surface area (Å²) in [6, 6.07) is 2.29. The van der Waals surface area contributed by atoms with Gasteiger partial charge in [-0.25, -0.2) is 0 Å². The largest absolute Gasteiger partial charge is 0.377 e. The quantitative estimate of drug-likeness (QED) is 0.770. The molecule has 0 aromatic carbocycles. The van der Waals surface area contributed by atoms with Crippen LogP contribution < -0.4 is 0 Å². The fraction of sp³-hybridized carbons (Fsp3) is 0.857. The molecule has 0 radical (unpaired) electrons. The minimum atomic E-state index is -0.728. The molecule has 1 aliphatic heterocycles. The van der Waals surface area contributed by atoms with Crippen LogP contribution in [0.3, 0.4) is 0 Å². The summed E-state index contributed by atoms with van der Waals surface area (Å²) in [5.74, 6) is 0.0481. The number of hydrogen-bond acceptors (Lipinski definition) is 3. The number of carbonyl (C=O) groups is 1. The molecule has 2 aliphatic rings. The zero-order valence-electron chi connectivity index (χ0n) is 11.2. The molecule has 0 aromatic rings. The second kappa shape index (κ2) is 5.71. The van der Waals surface area contributed by atoms with Crippen LogP contribution in [0, 0.1) is 16.7 Å². The van der Waals surface area contributed by atoms with E-state index in [1.807, 2.05) is 11.8 Å². The lowest BCUT2D eigenvalue weighted by Gasteiger charge is -2.36. The van der Waals surface area contributed by atoms with Crippen LogP contribution in [-0.2, 0) is 9.53 Å². The summed E-state index contributed by atoms with van der Waals surface area (Å²) in [5, 5.41) is 9.36. The molecule has 1 atom stereocenters. The summed E-state index contributed by atoms with van der Waals surface area (Å²) in [6.07, 6.45) is 5.64. The van der Waals surface area contributed by atoms with Gasteiger partial charge in [0, 0.05) is 19.7 Å². The van der Waals surface area contributed by atoms with Crippen LogP contribution in [0.2, 0.25) is 0 Å². The van der Waals surface area contributed by atoms with E-state index in [1.54, 1.807) is 0 Å². The van der Waals surface area contributed by atoms with Crippen LogP contribution in [0.5, 0.6) is 0 Å². The van der Waals surface area contributed by atoms with Gasteiger partial charge < -0.3 is 9.64 Å². The van der Waals surface area contributed by atoms with Crippen LogP contribution in [0.1, 0.15) is 45.4 Å². The molecule has 18 heavy (non-hydrogen) atoms. The van der Waals surface area contributed by atoms with Crippen LogP contribution in [-0.4, -0.2) is 36.6 Å². The first-order chi connectivity index (χ1) is 8.72. The van der Waals surface area contributed by atoms with Gasteiger partial charge in [-0.05, 0) is 32.6 Å². The molecular weight excluding hydrogens is 228 g/mol. The van der Waals surface area contributed by atoms with Gasteiger partial charge in [-0.1, -0.05) is 12.8 Å². The van der Waals surface area contributed by atoms with Crippen molar-refractivity contribution in [1.29, 1.82) is 5.26 Å². The first-order valence-electron chi connectivity index (χ1n) is 7.04. The number of carbonyl (C=O) groups excluding carboxylic acids is 1. The van der Waals surface area contributed by atoms with E-state index in [4.69, 9.17) is 4.74 Å². The third-order valence-corrected chi connectivity index (χ3v) is 4.15. The highest BCUT2D eigenvalue weighted by Crippen LogP contribution is 2.39. The van der Waals surface area contributed by atoms with Gasteiger partial charge in [0.15, 0.2) is 0 Å². The Morgan fingerprint density at radius 1 is 1.44 bits per heavy atom.